The highest BCUT2D eigenvalue weighted by atomic mass is 16.6. The standard InChI is InChI=1S/C32H47NO12/c1-8-11-26(34)42-20(4)14-29(37)40-18-24-17-33-23(7)32(45-31(39)16-22(6)44-28(36)13-10-3)25(24)19-41-30(38)15-21(5)43-27(35)12-9-2/h17,20-22H,8-16,18-19H2,1-7H3. The van der Waals surface area contributed by atoms with Crippen LogP contribution in [0.25, 0.3) is 0 Å². The summed E-state index contributed by atoms with van der Waals surface area (Å²) in [4.78, 5) is 77.5. The van der Waals surface area contributed by atoms with Crippen molar-refractivity contribution in [1.29, 1.82) is 0 Å². The molecule has 1 heterocycles. The molecule has 0 amide bonds. The second kappa shape index (κ2) is 20.8. The normalized spacial score (nSPS) is 12.7. The van der Waals surface area contributed by atoms with Gasteiger partial charge < -0.3 is 28.4 Å². The molecule has 0 saturated heterocycles. The van der Waals surface area contributed by atoms with Gasteiger partial charge in [0.2, 0.25) is 0 Å². The third-order valence-corrected chi connectivity index (χ3v) is 6.11. The van der Waals surface area contributed by atoms with Crippen molar-refractivity contribution < 1.29 is 57.2 Å². The molecule has 3 unspecified atom stereocenters. The molecule has 0 N–H and O–H groups in total. The predicted molar refractivity (Wildman–Crippen MR) is 159 cm³/mol. The van der Waals surface area contributed by atoms with Gasteiger partial charge in [-0.2, -0.15) is 0 Å². The second-order valence-corrected chi connectivity index (χ2v) is 10.7. The number of carbonyl (C=O) groups is 6. The molecule has 0 aromatic carbocycles. The SMILES string of the molecule is CCCC(=O)OC(C)CC(=O)OCc1cnc(C)c(OC(=O)CC(C)OC(=O)CCC)c1COC(=O)CC(C)OC(=O)CCC. The van der Waals surface area contributed by atoms with E-state index in [1.807, 2.05) is 20.8 Å². The van der Waals surface area contributed by atoms with E-state index < -0.39 is 54.1 Å². The van der Waals surface area contributed by atoms with Crippen LogP contribution in [0.5, 0.6) is 5.75 Å². The third kappa shape index (κ3) is 16.0. The number of aryl methyl sites for hydroxylation is 1. The van der Waals surface area contributed by atoms with Gasteiger partial charge >= 0.3 is 35.8 Å². The van der Waals surface area contributed by atoms with E-state index in [1.54, 1.807) is 27.7 Å². The summed E-state index contributed by atoms with van der Waals surface area (Å²) < 4.78 is 32.1. The number of carbonyl (C=O) groups excluding carboxylic acids is 6. The first kappa shape index (κ1) is 39.0. The predicted octanol–water partition coefficient (Wildman–Crippen LogP) is 4.75. The van der Waals surface area contributed by atoms with Crippen LogP contribution in [0.1, 0.15) is 116 Å². The highest BCUT2D eigenvalue weighted by Gasteiger charge is 2.23. The van der Waals surface area contributed by atoms with Gasteiger partial charge in [-0.3, -0.25) is 33.8 Å². The lowest BCUT2D eigenvalue weighted by molar-refractivity contribution is -0.157. The monoisotopic (exact) mass is 637 g/mol. The van der Waals surface area contributed by atoms with Crippen molar-refractivity contribution in [3.05, 3.63) is 23.0 Å². The molecule has 13 heteroatoms. The van der Waals surface area contributed by atoms with Gasteiger partial charge in [0.1, 0.15) is 31.5 Å². The number of esters is 6. The van der Waals surface area contributed by atoms with Crippen molar-refractivity contribution in [1.82, 2.24) is 4.98 Å². The van der Waals surface area contributed by atoms with E-state index in [0.29, 0.717) is 30.5 Å². The number of pyridine rings is 1. The highest BCUT2D eigenvalue weighted by molar-refractivity contribution is 5.76. The summed E-state index contributed by atoms with van der Waals surface area (Å²) in [6.07, 6.45) is 1.07. The fraction of sp³-hybridized carbons (Fsp3) is 0.656. The molecule has 45 heavy (non-hydrogen) atoms. The second-order valence-electron chi connectivity index (χ2n) is 10.7. The topological polar surface area (TPSA) is 171 Å². The largest absolute Gasteiger partial charge is 0.462 e. The molecular weight excluding hydrogens is 590 g/mol. The van der Waals surface area contributed by atoms with E-state index >= 15 is 0 Å². The Bertz CT molecular complexity index is 1170. The summed E-state index contributed by atoms with van der Waals surface area (Å²) in [6.45, 7) is 11.1. The molecule has 0 aliphatic carbocycles. The van der Waals surface area contributed by atoms with Crippen molar-refractivity contribution in [2.45, 2.75) is 138 Å². The lowest BCUT2D eigenvalue weighted by Crippen LogP contribution is -2.23. The fourth-order valence-electron chi connectivity index (χ4n) is 3.97. The average molecular weight is 638 g/mol. The summed E-state index contributed by atoms with van der Waals surface area (Å²) in [5.41, 5.74) is 0.814. The average Bonchev–Trinajstić information content (AvgIpc) is 2.92. The number of hydrogen-bond acceptors (Lipinski definition) is 13. The molecule has 0 saturated carbocycles. The number of ether oxygens (including phenoxy) is 6. The minimum atomic E-state index is -0.749. The molecule has 0 radical (unpaired) electrons. The molecule has 1 rings (SSSR count). The smallest absolute Gasteiger partial charge is 0.315 e. The van der Waals surface area contributed by atoms with Gasteiger partial charge in [0.25, 0.3) is 0 Å². The zero-order chi connectivity index (χ0) is 33.9. The quantitative estimate of drug-likeness (QED) is 0.142. The highest BCUT2D eigenvalue weighted by Crippen LogP contribution is 2.28. The molecule has 3 atom stereocenters. The molecular formula is C32H47NO12. The van der Waals surface area contributed by atoms with Crippen LogP contribution in [0.4, 0.5) is 0 Å². The Labute approximate surface area is 264 Å². The molecule has 0 aliphatic heterocycles. The van der Waals surface area contributed by atoms with Crippen LogP contribution in [0.2, 0.25) is 0 Å². The maximum Gasteiger partial charge on any atom is 0.315 e. The van der Waals surface area contributed by atoms with Crippen LogP contribution in [0.3, 0.4) is 0 Å². The molecule has 252 valence electrons. The van der Waals surface area contributed by atoms with E-state index in [-0.39, 0.29) is 63.1 Å². The van der Waals surface area contributed by atoms with Crippen molar-refractivity contribution in [2.24, 2.45) is 0 Å². The van der Waals surface area contributed by atoms with E-state index in [4.69, 9.17) is 28.4 Å². The summed E-state index contributed by atoms with van der Waals surface area (Å²) in [7, 11) is 0. The molecule has 13 nitrogen and oxygen atoms in total. The summed E-state index contributed by atoms with van der Waals surface area (Å²) >= 11 is 0. The van der Waals surface area contributed by atoms with E-state index in [2.05, 4.69) is 4.98 Å². The number of hydrogen-bond donors (Lipinski definition) is 0. The first-order chi connectivity index (χ1) is 21.3. The molecule has 1 aromatic heterocycles. The van der Waals surface area contributed by atoms with E-state index in [1.165, 1.54) is 6.20 Å². The number of aromatic nitrogens is 1. The minimum Gasteiger partial charge on any atom is -0.462 e. The van der Waals surface area contributed by atoms with Crippen molar-refractivity contribution in [2.75, 3.05) is 0 Å². The van der Waals surface area contributed by atoms with Crippen LogP contribution in [0.15, 0.2) is 6.20 Å². The van der Waals surface area contributed by atoms with Crippen LogP contribution in [-0.4, -0.2) is 59.1 Å². The molecule has 0 bridgehead atoms. The van der Waals surface area contributed by atoms with Crippen LogP contribution in [-0.2, 0) is 65.7 Å². The van der Waals surface area contributed by atoms with Gasteiger partial charge in [0.05, 0.1) is 25.0 Å². The van der Waals surface area contributed by atoms with Gasteiger partial charge in [-0.15, -0.1) is 0 Å². The maximum atomic E-state index is 12.8. The van der Waals surface area contributed by atoms with Gasteiger partial charge in [-0.1, -0.05) is 20.8 Å². The summed E-state index contributed by atoms with van der Waals surface area (Å²) in [6, 6.07) is 0. The molecule has 0 fully saturated rings. The fourth-order valence-corrected chi connectivity index (χ4v) is 3.97. The first-order valence-electron chi connectivity index (χ1n) is 15.4. The van der Waals surface area contributed by atoms with Gasteiger partial charge in [0.15, 0.2) is 5.75 Å². The molecule has 1 aromatic rings. The van der Waals surface area contributed by atoms with E-state index in [0.717, 1.165) is 0 Å². The van der Waals surface area contributed by atoms with Gasteiger partial charge in [-0.25, -0.2) is 0 Å². The summed E-state index contributed by atoms with van der Waals surface area (Å²) in [5, 5.41) is 0. The van der Waals surface area contributed by atoms with Gasteiger partial charge in [0, 0.05) is 36.6 Å². The van der Waals surface area contributed by atoms with Crippen LogP contribution >= 0.6 is 0 Å². The number of rotatable bonds is 20. The van der Waals surface area contributed by atoms with Crippen molar-refractivity contribution >= 4 is 35.8 Å². The zero-order valence-corrected chi connectivity index (χ0v) is 27.4. The van der Waals surface area contributed by atoms with E-state index in [9.17, 15) is 28.8 Å². The zero-order valence-electron chi connectivity index (χ0n) is 27.4. The Morgan fingerprint density at radius 2 is 1.02 bits per heavy atom. The number of nitrogens with zero attached hydrogens (tertiary/aromatic N) is 1. The first-order valence-corrected chi connectivity index (χ1v) is 15.4. The lowest BCUT2D eigenvalue weighted by atomic mass is 10.1. The Hall–Kier alpha value is -4.03. The minimum absolute atomic E-state index is 0.00211. The Balaban J connectivity index is 3.09. The lowest BCUT2D eigenvalue weighted by Gasteiger charge is -2.19. The van der Waals surface area contributed by atoms with Gasteiger partial charge in [-0.05, 0) is 47.0 Å². The van der Waals surface area contributed by atoms with Crippen molar-refractivity contribution in [3.63, 3.8) is 0 Å². The Morgan fingerprint density at radius 1 is 0.622 bits per heavy atom. The Kier molecular flexibility index (Phi) is 18.1. The molecule has 0 aliphatic rings. The molecule has 0 spiro atoms. The van der Waals surface area contributed by atoms with Crippen LogP contribution in [0, 0.1) is 6.92 Å². The van der Waals surface area contributed by atoms with Crippen molar-refractivity contribution in [3.8, 4) is 5.75 Å². The maximum absolute atomic E-state index is 12.8. The third-order valence-electron chi connectivity index (χ3n) is 6.11. The summed E-state index contributed by atoms with van der Waals surface area (Å²) in [5.74, 6) is -3.34. The Morgan fingerprint density at radius 3 is 1.44 bits per heavy atom. The van der Waals surface area contributed by atoms with Crippen LogP contribution < -0.4 is 4.74 Å².